The number of aliphatic imine (C=N–C) groups is 1. The Labute approximate surface area is 146 Å². The first-order valence-corrected chi connectivity index (χ1v) is 10.5. The van der Waals surface area contributed by atoms with E-state index >= 15 is 0 Å². The van der Waals surface area contributed by atoms with Crippen molar-refractivity contribution in [3.63, 3.8) is 0 Å². The number of rotatable bonds is 6. The van der Waals surface area contributed by atoms with Gasteiger partial charge in [0.15, 0.2) is 5.96 Å². The summed E-state index contributed by atoms with van der Waals surface area (Å²) in [4.78, 5) is 9.78. The molecule has 5 nitrogen and oxygen atoms in total. The maximum atomic E-state index is 4.80. The van der Waals surface area contributed by atoms with Crippen LogP contribution in [0.5, 0.6) is 0 Å². The fourth-order valence-corrected chi connectivity index (χ4v) is 4.22. The second-order valence-electron chi connectivity index (χ2n) is 6.77. The summed E-state index contributed by atoms with van der Waals surface area (Å²) in [5.41, 5.74) is 0. The molecule has 2 N–H and O–H groups in total. The van der Waals surface area contributed by atoms with Crippen molar-refractivity contribution >= 4 is 17.7 Å². The molecule has 1 heterocycles. The molecule has 2 aliphatic rings. The molecule has 134 valence electrons. The van der Waals surface area contributed by atoms with E-state index in [1.165, 1.54) is 51.9 Å². The number of guanidine groups is 1. The van der Waals surface area contributed by atoms with Crippen LogP contribution in [0.3, 0.4) is 0 Å². The average molecular weight is 342 g/mol. The predicted molar refractivity (Wildman–Crippen MR) is 103 cm³/mol. The molecule has 1 aliphatic carbocycles. The fourth-order valence-electron chi connectivity index (χ4n) is 3.43. The third-order valence-electron chi connectivity index (χ3n) is 4.90. The van der Waals surface area contributed by atoms with E-state index in [0.717, 1.165) is 30.8 Å². The maximum absolute atomic E-state index is 4.80. The minimum atomic E-state index is 0.595. The van der Waals surface area contributed by atoms with Gasteiger partial charge in [-0.05, 0) is 59.0 Å². The molecule has 6 heteroatoms. The number of nitrogens with one attached hydrogen (secondary N) is 2. The third kappa shape index (κ3) is 6.89. The van der Waals surface area contributed by atoms with Gasteiger partial charge < -0.3 is 20.4 Å². The molecule has 0 aromatic heterocycles. The molecule has 23 heavy (non-hydrogen) atoms. The lowest BCUT2D eigenvalue weighted by Gasteiger charge is -2.20. The van der Waals surface area contributed by atoms with E-state index in [1.807, 2.05) is 11.8 Å². The summed E-state index contributed by atoms with van der Waals surface area (Å²) in [6.45, 7) is 9.82. The largest absolute Gasteiger partial charge is 0.357 e. The lowest BCUT2D eigenvalue weighted by molar-refractivity contribution is 0.283. The summed E-state index contributed by atoms with van der Waals surface area (Å²) < 4.78 is 0. The van der Waals surface area contributed by atoms with E-state index < -0.39 is 0 Å². The molecule has 2 atom stereocenters. The van der Waals surface area contributed by atoms with Gasteiger partial charge in [-0.2, -0.15) is 11.8 Å². The van der Waals surface area contributed by atoms with Gasteiger partial charge in [0.2, 0.25) is 0 Å². The molecule has 0 aromatic carbocycles. The molecular formula is C17H35N5S. The fraction of sp³-hybridized carbons (Fsp3) is 0.941. The summed E-state index contributed by atoms with van der Waals surface area (Å²) in [5.74, 6) is 1.01. The monoisotopic (exact) mass is 341 g/mol. The Balaban J connectivity index is 1.74. The topological polar surface area (TPSA) is 42.9 Å². The van der Waals surface area contributed by atoms with Crippen LogP contribution in [0.2, 0.25) is 0 Å². The number of thioether (sulfide) groups is 1. The summed E-state index contributed by atoms with van der Waals surface area (Å²) in [7, 11) is 2.22. The molecule has 2 unspecified atom stereocenters. The maximum Gasteiger partial charge on any atom is 0.191 e. The average Bonchev–Trinajstić information content (AvgIpc) is 2.89. The van der Waals surface area contributed by atoms with Crippen LogP contribution >= 0.6 is 11.8 Å². The quantitative estimate of drug-likeness (QED) is 0.566. The van der Waals surface area contributed by atoms with Crippen LogP contribution in [-0.2, 0) is 0 Å². The van der Waals surface area contributed by atoms with Crippen molar-refractivity contribution in [3.05, 3.63) is 0 Å². The lowest BCUT2D eigenvalue weighted by atomic mass is 10.2. The molecule has 0 aromatic rings. The Bertz CT molecular complexity index is 363. The normalized spacial score (nSPS) is 27.9. The van der Waals surface area contributed by atoms with Crippen LogP contribution in [0.4, 0.5) is 0 Å². The zero-order valence-corrected chi connectivity index (χ0v) is 16.0. The highest BCUT2D eigenvalue weighted by Gasteiger charge is 2.24. The Kier molecular flexibility index (Phi) is 8.55. The van der Waals surface area contributed by atoms with Crippen molar-refractivity contribution in [2.24, 2.45) is 4.99 Å². The predicted octanol–water partition coefficient (Wildman–Crippen LogP) is 1.46. The molecular weight excluding hydrogens is 306 g/mol. The van der Waals surface area contributed by atoms with Gasteiger partial charge in [-0.15, -0.1) is 0 Å². The van der Waals surface area contributed by atoms with E-state index in [9.17, 15) is 0 Å². The molecule has 0 bridgehead atoms. The SMILES string of the molecule is CCNC(=NCCN1CCCN(C)CC1)NC1CCC(SC)C1. The smallest absolute Gasteiger partial charge is 0.191 e. The Morgan fingerprint density at radius 2 is 2.09 bits per heavy atom. The van der Waals surface area contributed by atoms with Gasteiger partial charge in [-0.25, -0.2) is 0 Å². The van der Waals surface area contributed by atoms with Gasteiger partial charge >= 0.3 is 0 Å². The van der Waals surface area contributed by atoms with E-state index in [4.69, 9.17) is 4.99 Å². The highest BCUT2D eigenvalue weighted by atomic mass is 32.2. The third-order valence-corrected chi connectivity index (χ3v) is 6.00. The van der Waals surface area contributed by atoms with E-state index in [2.05, 4.69) is 40.7 Å². The summed E-state index contributed by atoms with van der Waals surface area (Å²) in [6.07, 6.45) is 7.37. The van der Waals surface area contributed by atoms with Crippen LogP contribution in [-0.4, -0.2) is 86.2 Å². The number of hydrogen-bond acceptors (Lipinski definition) is 4. The number of nitrogens with zero attached hydrogens (tertiary/aromatic N) is 3. The van der Waals surface area contributed by atoms with E-state index in [1.54, 1.807) is 0 Å². The van der Waals surface area contributed by atoms with Gasteiger partial charge in [-0.1, -0.05) is 0 Å². The molecule has 0 amide bonds. The van der Waals surface area contributed by atoms with Crippen LogP contribution in [0, 0.1) is 0 Å². The second kappa shape index (κ2) is 10.4. The van der Waals surface area contributed by atoms with Crippen molar-refractivity contribution in [2.75, 3.05) is 59.1 Å². The zero-order chi connectivity index (χ0) is 16.5. The Morgan fingerprint density at radius 1 is 1.22 bits per heavy atom. The van der Waals surface area contributed by atoms with Gasteiger partial charge in [-0.3, -0.25) is 4.99 Å². The minimum Gasteiger partial charge on any atom is -0.357 e. The molecule has 2 rings (SSSR count). The van der Waals surface area contributed by atoms with Crippen molar-refractivity contribution in [3.8, 4) is 0 Å². The molecule has 1 saturated heterocycles. The van der Waals surface area contributed by atoms with Crippen molar-refractivity contribution in [1.82, 2.24) is 20.4 Å². The minimum absolute atomic E-state index is 0.595. The molecule has 1 aliphatic heterocycles. The van der Waals surface area contributed by atoms with Crippen molar-refractivity contribution in [2.45, 2.75) is 43.9 Å². The number of likely N-dealkylation sites (N-methyl/N-ethyl adjacent to an activating group) is 1. The molecule has 0 spiro atoms. The highest BCUT2D eigenvalue weighted by molar-refractivity contribution is 7.99. The summed E-state index contributed by atoms with van der Waals surface area (Å²) in [6, 6.07) is 0.595. The zero-order valence-electron chi connectivity index (χ0n) is 15.2. The van der Waals surface area contributed by atoms with Gasteiger partial charge in [0, 0.05) is 37.5 Å². The highest BCUT2D eigenvalue weighted by Crippen LogP contribution is 2.27. The lowest BCUT2D eigenvalue weighted by Crippen LogP contribution is -2.43. The standard InChI is InChI=1S/C17H35N5S/c1-4-18-17(20-15-6-7-16(14-15)23-3)19-8-11-22-10-5-9-21(2)12-13-22/h15-16H,4-14H2,1-3H3,(H2,18,19,20). The van der Waals surface area contributed by atoms with Crippen LogP contribution in [0.15, 0.2) is 4.99 Å². The summed E-state index contributed by atoms with van der Waals surface area (Å²) >= 11 is 2.00. The Morgan fingerprint density at radius 3 is 2.83 bits per heavy atom. The first kappa shape index (κ1) is 18.9. The first-order chi connectivity index (χ1) is 11.2. The van der Waals surface area contributed by atoms with E-state index in [0.29, 0.717) is 6.04 Å². The van der Waals surface area contributed by atoms with Crippen LogP contribution in [0.25, 0.3) is 0 Å². The number of hydrogen-bond donors (Lipinski definition) is 2. The van der Waals surface area contributed by atoms with Gasteiger partial charge in [0.05, 0.1) is 6.54 Å². The second-order valence-corrected chi connectivity index (χ2v) is 7.91. The summed E-state index contributed by atoms with van der Waals surface area (Å²) in [5, 5.41) is 7.87. The van der Waals surface area contributed by atoms with E-state index in [-0.39, 0.29) is 0 Å². The Hall–Kier alpha value is -0.460. The van der Waals surface area contributed by atoms with Gasteiger partial charge in [0.25, 0.3) is 0 Å². The molecule has 1 saturated carbocycles. The molecule has 0 radical (unpaired) electrons. The van der Waals surface area contributed by atoms with Crippen molar-refractivity contribution in [1.29, 1.82) is 0 Å². The van der Waals surface area contributed by atoms with Crippen molar-refractivity contribution < 1.29 is 0 Å². The first-order valence-electron chi connectivity index (χ1n) is 9.19. The van der Waals surface area contributed by atoms with Gasteiger partial charge in [0.1, 0.15) is 0 Å². The molecule has 2 fully saturated rings. The van der Waals surface area contributed by atoms with Crippen LogP contribution < -0.4 is 10.6 Å². The van der Waals surface area contributed by atoms with Crippen LogP contribution in [0.1, 0.15) is 32.6 Å².